The van der Waals surface area contributed by atoms with Gasteiger partial charge in [-0.05, 0) is 18.2 Å². The molecule has 1 aromatic heterocycles. The molecule has 0 aliphatic carbocycles. The first kappa shape index (κ1) is 13.1. The molecule has 2 rings (SSSR count). The van der Waals surface area contributed by atoms with E-state index in [1.54, 1.807) is 25.0 Å². The SMILES string of the molecule is CN(Cc1cnn(C)c1)C(=O)c1ccc(F)c(O)c1. The first-order chi connectivity index (χ1) is 8.97. The molecule has 0 unspecified atom stereocenters. The number of nitrogens with zero attached hydrogens (tertiary/aromatic N) is 3. The summed E-state index contributed by atoms with van der Waals surface area (Å²) in [6, 6.07) is 3.54. The maximum Gasteiger partial charge on any atom is 0.254 e. The number of aromatic hydroxyl groups is 1. The highest BCUT2D eigenvalue weighted by atomic mass is 19.1. The molecule has 0 aliphatic rings. The summed E-state index contributed by atoms with van der Waals surface area (Å²) in [5, 5.41) is 13.3. The molecule has 0 atom stereocenters. The van der Waals surface area contributed by atoms with Gasteiger partial charge in [0, 0.05) is 38.0 Å². The molecule has 2 aromatic rings. The smallest absolute Gasteiger partial charge is 0.254 e. The van der Waals surface area contributed by atoms with Crippen molar-refractivity contribution in [2.24, 2.45) is 7.05 Å². The quantitative estimate of drug-likeness (QED) is 0.913. The summed E-state index contributed by atoms with van der Waals surface area (Å²) in [6.07, 6.45) is 3.48. The molecule has 1 N–H and O–H groups in total. The van der Waals surface area contributed by atoms with Crippen molar-refractivity contribution in [3.8, 4) is 5.75 Å². The van der Waals surface area contributed by atoms with Gasteiger partial charge in [-0.15, -0.1) is 0 Å². The summed E-state index contributed by atoms with van der Waals surface area (Å²) in [4.78, 5) is 13.6. The Kier molecular flexibility index (Phi) is 3.50. The second kappa shape index (κ2) is 5.09. The van der Waals surface area contributed by atoms with Gasteiger partial charge in [-0.3, -0.25) is 9.48 Å². The zero-order valence-corrected chi connectivity index (χ0v) is 10.7. The van der Waals surface area contributed by atoms with Crippen LogP contribution in [0.15, 0.2) is 30.6 Å². The van der Waals surface area contributed by atoms with Crippen molar-refractivity contribution in [2.45, 2.75) is 6.54 Å². The number of carbonyl (C=O) groups excluding carboxylic acids is 1. The standard InChI is InChI=1S/C13H14FN3O2/c1-16(7-9-6-15-17(2)8-9)13(19)10-3-4-11(14)12(18)5-10/h3-6,8,18H,7H2,1-2H3. The lowest BCUT2D eigenvalue weighted by molar-refractivity contribution is 0.0784. The van der Waals surface area contributed by atoms with Crippen LogP contribution in [0.1, 0.15) is 15.9 Å². The van der Waals surface area contributed by atoms with Gasteiger partial charge < -0.3 is 10.0 Å². The molecule has 100 valence electrons. The minimum Gasteiger partial charge on any atom is -0.505 e. The summed E-state index contributed by atoms with van der Waals surface area (Å²) in [7, 11) is 3.43. The van der Waals surface area contributed by atoms with E-state index in [0.717, 1.165) is 17.7 Å². The average molecular weight is 263 g/mol. The summed E-state index contributed by atoms with van der Waals surface area (Å²) in [5.74, 6) is -1.56. The highest BCUT2D eigenvalue weighted by Crippen LogP contribution is 2.18. The van der Waals surface area contributed by atoms with Gasteiger partial charge in [-0.25, -0.2) is 4.39 Å². The van der Waals surface area contributed by atoms with Crippen LogP contribution >= 0.6 is 0 Å². The number of amides is 1. The van der Waals surface area contributed by atoms with E-state index in [2.05, 4.69) is 5.10 Å². The molecule has 0 spiro atoms. The third kappa shape index (κ3) is 2.90. The van der Waals surface area contributed by atoms with Crippen molar-refractivity contribution in [1.29, 1.82) is 0 Å². The molecule has 0 aliphatic heterocycles. The van der Waals surface area contributed by atoms with E-state index in [9.17, 15) is 14.3 Å². The zero-order valence-electron chi connectivity index (χ0n) is 10.7. The predicted octanol–water partition coefficient (Wildman–Crippen LogP) is 1.54. The Bertz CT molecular complexity index is 610. The predicted molar refractivity (Wildman–Crippen MR) is 67.1 cm³/mol. The third-order valence-corrected chi connectivity index (χ3v) is 2.72. The largest absolute Gasteiger partial charge is 0.505 e. The number of benzene rings is 1. The second-order valence-corrected chi connectivity index (χ2v) is 4.35. The van der Waals surface area contributed by atoms with Gasteiger partial charge in [0.2, 0.25) is 0 Å². The number of carbonyl (C=O) groups is 1. The molecule has 19 heavy (non-hydrogen) atoms. The number of phenolic OH excluding ortho intramolecular Hbond substituents is 1. The molecule has 1 aromatic carbocycles. The summed E-state index contributed by atoms with van der Waals surface area (Å²) < 4.78 is 14.6. The Morgan fingerprint density at radius 3 is 2.84 bits per heavy atom. The van der Waals surface area contributed by atoms with Crippen LogP contribution in [0.4, 0.5) is 4.39 Å². The minimum absolute atomic E-state index is 0.241. The van der Waals surface area contributed by atoms with E-state index in [-0.39, 0.29) is 11.5 Å². The van der Waals surface area contributed by atoms with Crippen LogP contribution in [0, 0.1) is 5.82 Å². The summed E-state index contributed by atoms with van der Waals surface area (Å²) in [5.41, 5.74) is 1.13. The molecule has 0 fully saturated rings. The van der Waals surface area contributed by atoms with Gasteiger partial charge in [-0.1, -0.05) is 0 Å². The lowest BCUT2D eigenvalue weighted by Gasteiger charge is -2.16. The van der Waals surface area contributed by atoms with Crippen molar-refractivity contribution in [1.82, 2.24) is 14.7 Å². The first-order valence-corrected chi connectivity index (χ1v) is 5.69. The van der Waals surface area contributed by atoms with Crippen LogP contribution < -0.4 is 0 Å². The third-order valence-electron chi connectivity index (χ3n) is 2.72. The van der Waals surface area contributed by atoms with Gasteiger partial charge in [0.25, 0.3) is 5.91 Å². The van der Waals surface area contributed by atoms with E-state index in [1.165, 1.54) is 11.0 Å². The first-order valence-electron chi connectivity index (χ1n) is 5.69. The normalized spacial score (nSPS) is 10.5. The maximum absolute atomic E-state index is 12.9. The number of halogens is 1. The zero-order chi connectivity index (χ0) is 14.0. The van der Waals surface area contributed by atoms with E-state index in [0.29, 0.717) is 6.54 Å². The minimum atomic E-state index is -0.744. The van der Waals surface area contributed by atoms with Gasteiger partial charge >= 0.3 is 0 Å². The van der Waals surface area contributed by atoms with Gasteiger partial charge in [0.05, 0.1) is 6.20 Å². The number of phenols is 1. The van der Waals surface area contributed by atoms with Crippen molar-refractivity contribution in [3.63, 3.8) is 0 Å². The van der Waals surface area contributed by atoms with Crippen molar-refractivity contribution < 1.29 is 14.3 Å². The highest BCUT2D eigenvalue weighted by molar-refractivity contribution is 5.94. The number of aromatic nitrogens is 2. The van der Waals surface area contributed by atoms with Crippen LogP contribution in [0.5, 0.6) is 5.75 Å². The van der Waals surface area contributed by atoms with Crippen LogP contribution in [0.3, 0.4) is 0 Å². The Balaban J connectivity index is 2.12. The fourth-order valence-electron chi connectivity index (χ4n) is 1.77. The fraction of sp³-hybridized carbons (Fsp3) is 0.231. The topological polar surface area (TPSA) is 58.4 Å². The maximum atomic E-state index is 12.9. The molecule has 1 amide bonds. The number of hydrogen-bond donors (Lipinski definition) is 1. The lowest BCUT2D eigenvalue weighted by Crippen LogP contribution is -2.26. The number of hydrogen-bond acceptors (Lipinski definition) is 3. The van der Waals surface area contributed by atoms with Crippen molar-refractivity contribution >= 4 is 5.91 Å². The number of aryl methyl sites for hydroxylation is 1. The molecule has 0 saturated carbocycles. The summed E-state index contributed by atoms with van der Waals surface area (Å²) >= 11 is 0. The van der Waals surface area contributed by atoms with Gasteiger partial charge in [-0.2, -0.15) is 5.10 Å². The van der Waals surface area contributed by atoms with E-state index in [1.807, 2.05) is 6.20 Å². The molecule has 5 nitrogen and oxygen atoms in total. The van der Waals surface area contributed by atoms with E-state index in [4.69, 9.17) is 0 Å². The molecule has 0 radical (unpaired) electrons. The Morgan fingerprint density at radius 1 is 1.53 bits per heavy atom. The molecule has 0 saturated heterocycles. The fourth-order valence-corrected chi connectivity index (χ4v) is 1.77. The molecular weight excluding hydrogens is 249 g/mol. The van der Waals surface area contributed by atoms with Crippen LogP contribution in [0.25, 0.3) is 0 Å². The monoisotopic (exact) mass is 263 g/mol. The Morgan fingerprint density at radius 2 is 2.26 bits per heavy atom. The van der Waals surface area contributed by atoms with Crippen molar-refractivity contribution in [2.75, 3.05) is 7.05 Å². The summed E-state index contributed by atoms with van der Waals surface area (Å²) in [6.45, 7) is 0.394. The van der Waals surface area contributed by atoms with Crippen LogP contribution in [-0.4, -0.2) is 32.7 Å². The number of rotatable bonds is 3. The molecular formula is C13H14FN3O2. The highest BCUT2D eigenvalue weighted by Gasteiger charge is 2.14. The second-order valence-electron chi connectivity index (χ2n) is 4.35. The Hall–Kier alpha value is -2.37. The van der Waals surface area contributed by atoms with Gasteiger partial charge in [0.15, 0.2) is 11.6 Å². The van der Waals surface area contributed by atoms with Gasteiger partial charge in [0.1, 0.15) is 0 Å². The Labute approximate surface area is 109 Å². The lowest BCUT2D eigenvalue weighted by atomic mass is 10.2. The van der Waals surface area contributed by atoms with Crippen molar-refractivity contribution in [3.05, 3.63) is 47.5 Å². The van der Waals surface area contributed by atoms with E-state index < -0.39 is 11.6 Å². The van der Waals surface area contributed by atoms with E-state index >= 15 is 0 Å². The molecule has 6 heteroatoms. The van der Waals surface area contributed by atoms with Crippen LogP contribution in [0.2, 0.25) is 0 Å². The molecule has 1 heterocycles. The average Bonchev–Trinajstić information content (AvgIpc) is 2.77. The molecule has 0 bridgehead atoms. The van der Waals surface area contributed by atoms with Crippen LogP contribution in [-0.2, 0) is 13.6 Å².